The molecule has 6 saturated heterocycles. The molecule has 9 rings (SSSR count). The van der Waals surface area contributed by atoms with Gasteiger partial charge in [0.2, 0.25) is 0 Å². The summed E-state index contributed by atoms with van der Waals surface area (Å²) in [5, 5.41) is 92.6. The number of aliphatic hydroxyl groups excluding tert-OH is 5. The number of nitrogen functional groups attached to an aromatic ring is 3. The number of benzene rings is 3. The van der Waals surface area contributed by atoms with Crippen molar-refractivity contribution in [3.05, 3.63) is 71.3 Å². The van der Waals surface area contributed by atoms with Gasteiger partial charge in [0, 0.05) is 17.1 Å². The molecule has 79 heavy (non-hydrogen) atoms. The average Bonchev–Trinajstić information content (AvgIpc) is 3.61. The van der Waals surface area contributed by atoms with Crippen LogP contribution in [-0.4, -0.2) is 224 Å². The molecule has 0 radical (unpaired) electrons. The van der Waals surface area contributed by atoms with Crippen molar-refractivity contribution in [1.82, 2.24) is 14.7 Å². The van der Waals surface area contributed by atoms with E-state index in [2.05, 4.69) is 0 Å². The lowest BCUT2D eigenvalue weighted by atomic mass is 9.91. The number of rotatable bonds is 16. The average molecular weight is 1110 g/mol. The molecule has 0 aliphatic carbocycles. The van der Waals surface area contributed by atoms with Crippen LogP contribution >= 0.6 is 0 Å². The summed E-state index contributed by atoms with van der Waals surface area (Å²) in [6.45, 7) is 0.828. The number of esters is 3. The highest BCUT2D eigenvalue weighted by atomic mass is 16.7. The van der Waals surface area contributed by atoms with Gasteiger partial charge in [-0.1, -0.05) is 19.3 Å². The minimum atomic E-state index is -1.65. The standard InChI is InChI=1S/C54H74N6O19/c55-28-10-13-34(61)31(22-28)49(68)72-25-37-43(64)44(65)41(59-18-6-2-7-19-59)53(76-37)79-48-39(27-74-51(70)33-24-30(57)12-15-36(33)63)77-54(42(46(48)67)60-20-8-3-9-21-60)78-47-38(26-73-50(69)32-23-29(56)11-14-35(32)62)75-52(71)40(45(47)66)58-16-4-1-5-17-58/h10-15,22-24,37-48,52-54,61-67,71H,1-9,16-21,25-27,55-57H2/t37?,38?,39?,40?,41?,42?,43-,44+,45+,46+,47-,48-,52-,53+,54+/m1/s1. The van der Waals surface area contributed by atoms with E-state index in [1.807, 2.05) is 14.7 Å². The van der Waals surface area contributed by atoms with Crippen molar-refractivity contribution in [3.8, 4) is 17.2 Å². The Labute approximate surface area is 456 Å². The Bertz CT molecular complexity index is 2570. The molecule has 25 heteroatoms. The van der Waals surface area contributed by atoms with E-state index in [-0.39, 0.29) is 33.8 Å². The molecule has 15 atom stereocenters. The van der Waals surface area contributed by atoms with Crippen molar-refractivity contribution in [2.75, 3.05) is 76.3 Å². The number of carbonyl (C=O) groups excluding carboxylic acids is 3. The van der Waals surface area contributed by atoms with Crippen LogP contribution in [-0.2, 0) is 37.9 Å². The first kappa shape index (κ1) is 58.0. The number of ether oxygens (including phenoxy) is 8. The fourth-order valence-electron chi connectivity index (χ4n) is 11.7. The van der Waals surface area contributed by atoms with E-state index in [9.17, 15) is 55.2 Å². The molecular formula is C54H74N6O19. The second-order valence-electron chi connectivity index (χ2n) is 21.2. The first-order chi connectivity index (χ1) is 38.0. The number of piperidine rings is 3. The highest BCUT2D eigenvalue weighted by Gasteiger charge is 2.57. The van der Waals surface area contributed by atoms with Crippen molar-refractivity contribution in [2.24, 2.45) is 0 Å². The Kier molecular flexibility index (Phi) is 19.0. The highest BCUT2D eigenvalue weighted by molar-refractivity contribution is 5.94. The molecule has 6 aliphatic heterocycles. The number of aliphatic hydroxyl groups is 5. The van der Waals surface area contributed by atoms with Crippen molar-refractivity contribution < 1.29 is 93.1 Å². The molecule has 25 nitrogen and oxygen atoms in total. The number of nitrogens with zero attached hydrogens (tertiary/aromatic N) is 3. The van der Waals surface area contributed by atoms with Crippen molar-refractivity contribution in [3.63, 3.8) is 0 Å². The number of likely N-dealkylation sites (tertiary alicyclic amines) is 3. The van der Waals surface area contributed by atoms with E-state index in [1.165, 1.54) is 54.6 Å². The Hall–Kier alpha value is -5.65. The molecular weight excluding hydrogens is 1040 g/mol. The maximum atomic E-state index is 13.8. The maximum absolute atomic E-state index is 13.8. The van der Waals surface area contributed by atoms with Gasteiger partial charge in [-0.05, 0) is 132 Å². The Morgan fingerprint density at radius 2 is 0.772 bits per heavy atom. The van der Waals surface area contributed by atoms with E-state index in [0.29, 0.717) is 52.1 Å². The maximum Gasteiger partial charge on any atom is 0.342 e. The molecule has 3 aromatic rings. The predicted octanol–water partition coefficient (Wildman–Crippen LogP) is 0.365. The van der Waals surface area contributed by atoms with Crippen LogP contribution in [0.15, 0.2) is 54.6 Å². The molecule has 3 aromatic carbocycles. The minimum absolute atomic E-state index is 0.142. The quantitative estimate of drug-likeness (QED) is 0.0399. The number of carbonyl (C=O) groups is 3. The largest absolute Gasteiger partial charge is 0.507 e. The molecule has 0 saturated carbocycles. The molecule has 0 aromatic heterocycles. The summed E-state index contributed by atoms with van der Waals surface area (Å²) >= 11 is 0. The Balaban J connectivity index is 1.06. The van der Waals surface area contributed by atoms with E-state index in [1.54, 1.807) is 0 Å². The molecule has 14 N–H and O–H groups in total. The van der Waals surface area contributed by atoms with Crippen LogP contribution in [0.2, 0.25) is 0 Å². The molecule has 0 spiro atoms. The fourth-order valence-corrected chi connectivity index (χ4v) is 11.7. The number of nitrogens with two attached hydrogens (primary N) is 3. The first-order valence-electron chi connectivity index (χ1n) is 27.1. The van der Waals surface area contributed by atoms with Gasteiger partial charge in [0.05, 0.1) is 18.1 Å². The Morgan fingerprint density at radius 1 is 0.443 bits per heavy atom. The summed E-state index contributed by atoms with van der Waals surface area (Å²) in [5.74, 6) is -4.30. The number of aromatic hydroxyl groups is 3. The van der Waals surface area contributed by atoms with Gasteiger partial charge in [-0.25, -0.2) is 14.4 Å². The zero-order chi connectivity index (χ0) is 56.1. The molecule has 434 valence electrons. The second kappa shape index (κ2) is 25.9. The normalized spacial score (nSPS) is 33.2. The summed E-state index contributed by atoms with van der Waals surface area (Å²) in [6, 6.07) is 8.21. The van der Waals surface area contributed by atoms with Crippen LogP contribution in [0.3, 0.4) is 0 Å². The number of phenols is 3. The zero-order valence-corrected chi connectivity index (χ0v) is 43.7. The van der Waals surface area contributed by atoms with Crippen molar-refractivity contribution >= 4 is 35.0 Å². The van der Waals surface area contributed by atoms with Crippen LogP contribution in [0, 0.1) is 0 Å². The van der Waals surface area contributed by atoms with Crippen LogP contribution in [0.1, 0.15) is 88.9 Å². The summed E-state index contributed by atoms with van der Waals surface area (Å²) in [7, 11) is 0. The van der Waals surface area contributed by atoms with Crippen LogP contribution in [0.25, 0.3) is 0 Å². The van der Waals surface area contributed by atoms with Gasteiger partial charge < -0.3 is 95.9 Å². The van der Waals surface area contributed by atoms with Gasteiger partial charge in [-0.3, -0.25) is 14.7 Å². The molecule has 6 unspecified atom stereocenters. The van der Waals surface area contributed by atoms with E-state index in [4.69, 9.17) is 55.1 Å². The van der Waals surface area contributed by atoms with Crippen LogP contribution < -0.4 is 17.2 Å². The summed E-state index contributed by atoms with van der Waals surface area (Å²) in [4.78, 5) is 46.3. The highest BCUT2D eigenvalue weighted by Crippen LogP contribution is 2.38. The van der Waals surface area contributed by atoms with Crippen LogP contribution in [0.5, 0.6) is 17.2 Å². The monoisotopic (exact) mass is 1110 g/mol. The third-order valence-electron chi connectivity index (χ3n) is 15.8. The number of hydrogen-bond acceptors (Lipinski definition) is 25. The number of hydrogen-bond donors (Lipinski definition) is 11. The van der Waals surface area contributed by atoms with Gasteiger partial charge in [0.15, 0.2) is 18.9 Å². The summed E-state index contributed by atoms with van der Waals surface area (Å²) in [5.41, 5.74) is 17.5. The lowest BCUT2D eigenvalue weighted by molar-refractivity contribution is -0.366. The molecule has 6 aliphatic rings. The number of anilines is 3. The second-order valence-corrected chi connectivity index (χ2v) is 21.2. The zero-order valence-electron chi connectivity index (χ0n) is 43.7. The van der Waals surface area contributed by atoms with Crippen molar-refractivity contribution in [2.45, 2.75) is 150 Å². The van der Waals surface area contributed by atoms with Crippen LogP contribution in [0.4, 0.5) is 17.1 Å². The van der Waals surface area contributed by atoms with Gasteiger partial charge in [0.1, 0.15) is 109 Å². The molecule has 0 bridgehead atoms. The van der Waals surface area contributed by atoms with Gasteiger partial charge in [-0.15, -0.1) is 0 Å². The summed E-state index contributed by atoms with van der Waals surface area (Å²) < 4.78 is 50.3. The van der Waals surface area contributed by atoms with E-state index in [0.717, 1.165) is 44.9 Å². The van der Waals surface area contributed by atoms with Gasteiger partial charge in [-0.2, -0.15) is 0 Å². The summed E-state index contributed by atoms with van der Waals surface area (Å²) in [6.07, 6.45) is -11.4. The van der Waals surface area contributed by atoms with E-state index >= 15 is 0 Å². The molecule has 6 fully saturated rings. The van der Waals surface area contributed by atoms with Gasteiger partial charge in [0.25, 0.3) is 0 Å². The lowest BCUT2D eigenvalue weighted by Gasteiger charge is -2.54. The van der Waals surface area contributed by atoms with Crippen molar-refractivity contribution in [1.29, 1.82) is 0 Å². The predicted molar refractivity (Wildman–Crippen MR) is 278 cm³/mol. The SMILES string of the molecule is Nc1ccc(O)c(C(=O)OCC2O[C@@H](O[C@@H]3C(COC(=O)c4cc(N)ccc4O)O[C@@H](O[C@@H]4C(COC(=O)c5cc(N)ccc5O)O[C@@H](O)C(N5CCCCC5)[C@@H]4O)C(N4CCCCC4)[C@@H]3O)C(N3CCCCC3)[C@H](O)[C@@H]2O)c1. The Morgan fingerprint density at radius 3 is 1.18 bits per heavy atom. The fraction of sp³-hybridized carbons (Fsp3) is 0.611. The topological polar surface area (TPSA) is 375 Å². The molecule has 6 heterocycles. The van der Waals surface area contributed by atoms with E-state index < -0.39 is 147 Å². The molecule has 0 amide bonds. The smallest absolute Gasteiger partial charge is 0.342 e. The lowest BCUT2D eigenvalue weighted by Crippen LogP contribution is -2.71. The minimum Gasteiger partial charge on any atom is -0.507 e. The van der Waals surface area contributed by atoms with Gasteiger partial charge >= 0.3 is 17.9 Å². The third kappa shape index (κ3) is 13.3. The number of phenolic OH excluding ortho intramolecular Hbond substituents is 3. The third-order valence-corrected chi connectivity index (χ3v) is 15.8. The first-order valence-corrected chi connectivity index (χ1v) is 27.1.